The molecule has 6 nitrogen and oxygen atoms in total. The van der Waals surface area contributed by atoms with Crippen molar-refractivity contribution in [1.82, 2.24) is 15.1 Å². The molecule has 1 N–H and O–H groups in total. The third-order valence-corrected chi connectivity index (χ3v) is 6.49. The maximum absolute atomic E-state index is 12.5. The van der Waals surface area contributed by atoms with Gasteiger partial charge in [0.25, 0.3) is 0 Å². The Balaban J connectivity index is 1.26. The highest BCUT2D eigenvalue weighted by atomic mass is 35.5. The van der Waals surface area contributed by atoms with Gasteiger partial charge in [0.05, 0.1) is 5.92 Å². The molecule has 0 aliphatic carbocycles. The molecule has 3 heterocycles. The summed E-state index contributed by atoms with van der Waals surface area (Å²) in [6.07, 6.45) is 2.38. The molecule has 7 heteroatoms. The number of carbonyl (C=O) groups excluding carboxylic acids is 1. The van der Waals surface area contributed by atoms with Gasteiger partial charge >= 0.3 is 0 Å². The lowest BCUT2D eigenvalue weighted by Gasteiger charge is -2.41. The van der Waals surface area contributed by atoms with Crippen molar-refractivity contribution in [3.8, 4) is 0 Å². The zero-order valence-electron chi connectivity index (χ0n) is 17.9. The predicted octanol–water partition coefficient (Wildman–Crippen LogP) is 4.18. The first-order valence-corrected chi connectivity index (χ1v) is 11.1. The van der Waals surface area contributed by atoms with E-state index in [0.717, 1.165) is 24.6 Å². The Kier molecular flexibility index (Phi) is 5.98. The van der Waals surface area contributed by atoms with Gasteiger partial charge in [-0.15, -0.1) is 10.2 Å². The summed E-state index contributed by atoms with van der Waals surface area (Å²) in [4.78, 5) is 17.1. The van der Waals surface area contributed by atoms with Crippen LogP contribution in [0, 0.1) is 5.92 Å². The van der Waals surface area contributed by atoms with E-state index in [4.69, 9.17) is 11.6 Å². The van der Waals surface area contributed by atoms with E-state index in [1.54, 1.807) is 6.07 Å². The first kappa shape index (κ1) is 21.1. The van der Waals surface area contributed by atoms with Gasteiger partial charge in [0.15, 0.2) is 11.0 Å². The van der Waals surface area contributed by atoms with E-state index in [0.29, 0.717) is 24.2 Å². The topological polar surface area (TPSA) is 61.4 Å². The van der Waals surface area contributed by atoms with E-state index >= 15 is 0 Å². The molecule has 30 heavy (non-hydrogen) atoms. The lowest BCUT2D eigenvalue weighted by molar-refractivity contribution is -0.120. The maximum Gasteiger partial charge on any atom is 0.231 e. The second-order valence-electron chi connectivity index (χ2n) is 9.36. The molecule has 0 saturated carbocycles. The van der Waals surface area contributed by atoms with Crippen LogP contribution in [0.4, 0.5) is 11.5 Å². The summed E-state index contributed by atoms with van der Waals surface area (Å²) in [7, 11) is 0. The molecule has 0 radical (unpaired) electrons. The van der Waals surface area contributed by atoms with E-state index in [1.165, 1.54) is 18.4 Å². The molecule has 2 aromatic rings. The normalized spacial score (nSPS) is 18.9. The summed E-state index contributed by atoms with van der Waals surface area (Å²) in [5.41, 5.74) is 2.48. The van der Waals surface area contributed by atoms with E-state index in [9.17, 15) is 4.79 Å². The summed E-state index contributed by atoms with van der Waals surface area (Å²) in [6.45, 7) is 10.4. The van der Waals surface area contributed by atoms with Crippen molar-refractivity contribution in [1.29, 1.82) is 0 Å². The van der Waals surface area contributed by atoms with Crippen LogP contribution in [0.2, 0.25) is 5.15 Å². The van der Waals surface area contributed by atoms with Gasteiger partial charge in [0, 0.05) is 24.3 Å². The number of hydrogen-bond donors (Lipinski definition) is 1. The van der Waals surface area contributed by atoms with Crippen molar-refractivity contribution < 1.29 is 4.79 Å². The Morgan fingerprint density at radius 1 is 1.03 bits per heavy atom. The molecular weight excluding hydrogens is 398 g/mol. The molecule has 0 spiro atoms. The first-order chi connectivity index (χ1) is 14.3. The molecule has 0 atom stereocenters. The quantitative estimate of drug-likeness (QED) is 0.792. The van der Waals surface area contributed by atoms with Crippen molar-refractivity contribution >= 4 is 29.0 Å². The third-order valence-electron chi connectivity index (χ3n) is 6.29. The van der Waals surface area contributed by atoms with Gasteiger partial charge in [0.1, 0.15) is 0 Å². The van der Waals surface area contributed by atoms with E-state index in [1.807, 2.05) is 23.1 Å². The lowest BCUT2D eigenvalue weighted by Crippen LogP contribution is -2.52. The highest BCUT2D eigenvalue weighted by Gasteiger charge is 2.34. The number of likely N-dealkylation sites (tertiary alicyclic amines) is 1. The monoisotopic (exact) mass is 427 g/mol. The summed E-state index contributed by atoms with van der Waals surface area (Å²) in [5.74, 6) is 1.38. The number of anilines is 2. The van der Waals surface area contributed by atoms with Crippen molar-refractivity contribution in [2.45, 2.75) is 45.1 Å². The summed E-state index contributed by atoms with van der Waals surface area (Å²) in [6, 6.07) is 11.9. The highest BCUT2D eigenvalue weighted by molar-refractivity contribution is 6.29. The van der Waals surface area contributed by atoms with Crippen LogP contribution in [-0.2, 0) is 4.79 Å². The van der Waals surface area contributed by atoms with Crippen molar-refractivity contribution in [3.63, 3.8) is 0 Å². The van der Waals surface area contributed by atoms with Gasteiger partial charge in [0.2, 0.25) is 5.91 Å². The molecule has 2 aliphatic rings. The number of nitrogens with zero attached hydrogens (tertiary/aromatic N) is 4. The van der Waals surface area contributed by atoms with Crippen LogP contribution in [0.1, 0.15) is 45.1 Å². The average molecular weight is 428 g/mol. The maximum atomic E-state index is 12.5. The molecule has 2 aliphatic heterocycles. The number of benzene rings is 1. The molecule has 1 aromatic carbocycles. The number of nitrogens with one attached hydrogen (secondary N) is 1. The molecular formula is C23H30ClN5O. The third kappa shape index (κ3) is 4.76. The predicted molar refractivity (Wildman–Crippen MR) is 121 cm³/mol. The van der Waals surface area contributed by atoms with Crippen LogP contribution >= 0.6 is 11.6 Å². The smallest absolute Gasteiger partial charge is 0.231 e. The zero-order chi connectivity index (χ0) is 21.3. The second kappa shape index (κ2) is 8.52. The second-order valence-corrected chi connectivity index (χ2v) is 9.75. The van der Waals surface area contributed by atoms with Crippen LogP contribution in [0.5, 0.6) is 0 Å². The number of carbonyl (C=O) groups is 1. The molecule has 160 valence electrons. The Labute approximate surface area is 183 Å². The minimum Gasteiger partial charge on any atom is -0.353 e. The largest absolute Gasteiger partial charge is 0.353 e. The van der Waals surface area contributed by atoms with Crippen LogP contribution < -0.4 is 10.2 Å². The number of halogens is 1. The Morgan fingerprint density at radius 3 is 2.27 bits per heavy atom. The minimum absolute atomic E-state index is 0.0381. The molecule has 1 amide bonds. The fraction of sp³-hybridized carbons (Fsp3) is 0.522. The van der Waals surface area contributed by atoms with Crippen molar-refractivity contribution in [2.75, 3.05) is 36.4 Å². The number of aromatic nitrogens is 2. The molecule has 2 fully saturated rings. The van der Waals surface area contributed by atoms with Crippen LogP contribution in [0.3, 0.4) is 0 Å². The SMILES string of the molecule is CC(C)(C)N1CCC(c2ccc(NC(=O)C3CN(c4ccc(Cl)nn4)C3)cc2)CC1. The van der Waals surface area contributed by atoms with Crippen molar-refractivity contribution in [3.05, 3.63) is 47.1 Å². The molecule has 0 bridgehead atoms. The Hall–Kier alpha value is -2.18. The van der Waals surface area contributed by atoms with Gasteiger partial charge in [-0.05, 0) is 82.4 Å². The molecule has 0 unspecified atom stereocenters. The van der Waals surface area contributed by atoms with E-state index in [2.05, 4.69) is 53.3 Å². The minimum atomic E-state index is -0.0381. The molecule has 4 rings (SSSR count). The standard InChI is InChI=1S/C23H30ClN5O/c1-23(2,3)29-12-10-17(11-13-29)16-4-6-19(7-5-16)25-22(30)18-14-28(15-18)21-9-8-20(24)26-27-21/h4-9,17-18H,10-15H2,1-3H3,(H,25,30). The number of piperidine rings is 1. The first-order valence-electron chi connectivity index (χ1n) is 10.7. The Bertz CT molecular complexity index is 864. The van der Waals surface area contributed by atoms with Gasteiger partial charge in [-0.25, -0.2) is 0 Å². The summed E-state index contributed by atoms with van der Waals surface area (Å²) < 4.78 is 0. The number of hydrogen-bond acceptors (Lipinski definition) is 5. The van der Waals surface area contributed by atoms with Crippen LogP contribution in [0.15, 0.2) is 36.4 Å². The Morgan fingerprint density at radius 2 is 1.70 bits per heavy atom. The number of rotatable bonds is 4. The fourth-order valence-corrected chi connectivity index (χ4v) is 4.38. The molecule has 2 saturated heterocycles. The van der Waals surface area contributed by atoms with Crippen LogP contribution in [-0.4, -0.2) is 52.7 Å². The summed E-state index contributed by atoms with van der Waals surface area (Å²) in [5, 5.41) is 11.3. The number of amides is 1. The van der Waals surface area contributed by atoms with Crippen LogP contribution in [0.25, 0.3) is 0 Å². The van der Waals surface area contributed by atoms with Gasteiger partial charge in [-0.1, -0.05) is 23.7 Å². The highest BCUT2D eigenvalue weighted by Crippen LogP contribution is 2.32. The van der Waals surface area contributed by atoms with Gasteiger partial charge in [-0.3, -0.25) is 9.69 Å². The van der Waals surface area contributed by atoms with Gasteiger partial charge < -0.3 is 10.2 Å². The fourth-order valence-electron chi connectivity index (χ4n) is 4.28. The molecule has 1 aromatic heterocycles. The van der Waals surface area contributed by atoms with Crippen molar-refractivity contribution in [2.24, 2.45) is 5.92 Å². The average Bonchev–Trinajstić information content (AvgIpc) is 2.68. The summed E-state index contributed by atoms with van der Waals surface area (Å²) >= 11 is 5.77. The van der Waals surface area contributed by atoms with E-state index in [-0.39, 0.29) is 17.4 Å². The zero-order valence-corrected chi connectivity index (χ0v) is 18.7. The van der Waals surface area contributed by atoms with E-state index < -0.39 is 0 Å². The lowest BCUT2D eigenvalue weighted by atomic mass is 9.87. The van der Waals surface area contributed by atoms with Gasteiger partial charge in [-0.2, -0.15) is 0 Å².